The van der Waals surface area contributed by atoms with Crippen LogP contribution in [0.3, 0.4) is 0 Å². The van der Waals surface area contributed by atoms with Crippen molar-refractivity contribution in [1.29, 1.82) is 0 Å². The Morgan fingerprint density at radius 2 is 1.65 bits per heavy atom. The number of nitrogens with zero attached hydrogens (tertiary/aromatic N) is 1. The molecule has 0 aliphatic carbocycles. The van der Waals surface area contributed by atoms with Gasteiger partial charge in [-0.15, -0.1) is 6.42 Å². The van der Waals surface area contributed by atoms with Crippen LogP contribution in [0.25, 0.3) is 5.57 Å². The maximum atomic E-state index is 13.4. The van der Waals surface area contributed by atoms with E-state index in [9.17, 15) is 9.90 Å². The summed E-state index contributed by atoms with van der Waals surface area (Å²) in [5.41, 5.74) is 12.0. The number of hydrogen-bond acceptors (Lipinski definition) is 4. The van der Waals surface area contributed by atoms with Crippen molar-refractivity contribution < 1.29 is 19.4 Å². The van der Waals surface area contributed by atoms with Gasteiger partial charge in [-0.3, -0.25) is 4.79 Å². The highest BCUT2D eigenvalue weighted by molar-refractivity contribution is 5.95. The molecule has 5 nitrogen and oxygen atoms in total. The van der Waals surface area contributed by atoms with Crippen LogP contribution in [0, 0.1) is 26.2 Å². The number of piperidine rings is 1. The fourth-order valence-electron chi connectivity index (χ4n) is 6.73. The number of terminal acetylenes is 1. The van der Waals surface area contributed by atoms with E-state index in [1.807, 2.05) is 85.4 Å². The number of allylic oxidation sites excluding steroid dienone is 4. The van der Waals surface area contributed by atoms with Crippen molar-refractivity contribution in [1.82, 2.24) is 4.90 Å². The van der Waals surface area contributed by atoms with E-state index in [2.05, 4.69) is 78.5 Å². The summed E-state index contributed by atoms with van der Waals surface area (Å²) in [6.45, 7) is 42.7. The van der Waals surface area contributed by atoms with E-state index in [0.717, 1.165) is 109 Å². The van der Waals surface area contributed by atoms with Crippen molar-refractivity contribution in [3.63, 3.8) is 0 Å². The summed E-state index contributed by atoms with van der Waals surface area (Å²) in [4.78, 5) is 15.4. The van der Waals surface area contributed by atoms with Crippen molar-refractivity contribution in [3.05, 3.63) is 118 Å². The van der Waals surface area contributed by atoms with Gasteiger partial charge in [-0.25, -0.2) is 0 Å². The van der Waals surface area contributed by atoms with Gasteiger partial charge in [-0.1, -0.05) is 104 Å². The molecule has 5 heteroatoms. The summed E-state index contributed by atoms with van der Waals surface area (Å²) in [6, 6.07) is 10.4. The molecule has 57 heavy (non-hydrogen) atoms. The molecule has 2 aliphatic rings. The normalized spacial score (nSPS) is 14.3. The first-order valence-corrected chi connectivity index (χ1v) is 21.6. The van der Waals surface area contributed by atoms with Gasteiger partial charge in [0.25, 0.3) is 0 Å². The molecule has 0 bridgehead atoms. The molecule has 1 unspecified atom stereocenters. The number of aliphatic hydroxyl groups is 1. The summed E-state index contributed by atoms with van der Waals surface area (Å²) in [5, 5.41) is 9.34. The van der Waals surface area contributed by atoms with Crippen LogP contribution >= 0.6 is 0 Å². The highest BCUT2D eigenvalue weighted by Crippen LogP contribution is 2.38. The smallest absolute Gasteiger partial charge is 0.249 e. The van der Waals surface area contributed by atoms with E-state index in [0.29, 0.717) is 12.3 Å². The molecule has 1 saturated heterocycles. The van der Waals surface area contributed by atoms with Crippen LogP contribution in [-0.2, 0) is 16.0 Å². The van der Waals surface area contributed by atoms with Crippen LogP contribution in [0.2, 0.25) is 0 Å². The second kappa shape index (κ2) is 28.2. The van der Waals surface area contributed by atoms with E-state index >= 15 is 0 Å². The minimum Gasteiger partial charge on any atom is -0.510 e. The Labute approximate surface area is 350 Å². The van der Waals surface area contributed by atoms with Gasteiger partial charge in [0.15, 0.2) is 0 Å². The van der Waals surface area contributed by atoms with Crippen molar-refractivity contribution in [2.45, 2.75) is 160 Å². The first-order chi connectivity index (χ1) is 27.2. The molecular formula is C52H79NO4. The van der Waals surface area contributed by atoms with E-state index in [1.165, 1.54) is 16.7 Å². The lowest BCUT2D eigenvalue weighted by Gasteiger charge is -2.32. The molecule has 2 atom stereocenters. The van der Waals surface area contributed by atoms with Gasteiger partial charge >= 0.3 is 0 Å². The number of rotatable bonds is 12. The standard InChI is InChI=1S/C34H39NO2.C12H22O2.3C2H6/c1-8-27-11-9-12-29(21-27)28-14-16-35(17-15-28)34(36)24(5)20-31(22(2)3)26(7)32-19-23(4)33-30(25(32)6)13-10-18-37-33;1-6-9(3)8-12(11(5)13)14-10(4)7-2;3*1-2/h1,9,11-12,19-21,28H,7,10,13-18H2,2-6H3;10,12-13H,3,5-8H2,1-2,4H3;3*1-2H3/b24-20+;;;;/t;10?,12-;;;/m.0.../s1. The Kier molecular flexibility index (Phi) is 26.1. The summed E-state index contributed by atoms with van der Waals surface area (Å²) >= 11 is 0. The number of hydrogen-bond donors (Lipinski definition) is 1. The molecular weight excluding hydrogens is 703 g/mol. The number of aryl methyl sites for hydroxylation is 1. The Balaban J connectivity index is 0.00000132. The number of ether oxygens (including phenoxy) is 2. The van der Waals surface area contributed by atoms with Crippen molar-refractivity contribution in [3.8, 4) is 18.1 Å². The first kappa shape index (κ1) is 52.7. The quantitative estimate of drug-likeness (QED) is 0.0766. The first-order valence-electron chi connectivity index (χ1n) is 21.6. The Morgan fingerprint density at radius 1 is 1.04 bits per heavy atom. The summed E-state index contributed by atoms with van der Waals surface area (Å²) < 4.78 is 11.6. The minimum atomic E-state index is -0.294. The Hall–Kier alpha value is -4.27. The van der Waals surface area contributed by atoms with Crippen LogP contribution in [-0.4, -0.2) is 47.8 Å². The predicted octanol–water partition coefficient (Wildman–Crippen LogP) is 14.0. The number of aliphatic hydroxyl groups excluding tert-OH is 1. The minimum absolute atomic E-state index is 0.0971. The lowest BCUT2D eigenvalue weighted by molar-refractivity contribution is -0.128. The van der Waals surface area contributed by atoms with Crippen LogP contribution in [0.5, 0.6) is 5.75 Å². The molecule has 4 rings (SSSR count). The van der Waals surface area contributed by atoms with Gasteiger partial charge in [-0.2, -0.15) is 0 Å². The Morgan fingerprint density at radius 3 is 2.18 bits per heavy atom. The van der Waals surface area contributed by atoms with Crippen molar-refractivity contribution in [2.24, 2.45) is 0 Å². The van der Waals surface area contributed by atoms with E-state index in [4.69, 9.17) is 15.9 Å². The number of amides is 1. The zero-order chi connectivity index (χ0) is 43.8. The van der Waals surface area contributed by atoms with Gasteiger partial charge in [0.2, 0.25) is 5.91 Å². The van der Waals surface area contributed by atoms with E-state index in [1.54, 1.807) is 0 Å². The molecule has 2 heterocycles. The third-order valence-electron chi connectivity index (χ3n) is 10.2. The van der Waals surface area contributed by atoms with Gasteiger partial charge in [0, 0.05) is 30.6 Å². The number of likely N-dealkylation sites (tertiary alicyclic amines) is 1. The summed E-state index contributed by atoms with van der Waals surface area (Å²) in [7, 11) is 0. The summed E-state index contributed by atoms with van der Waals surface area (Å²) in [5.74, 6) is 4.41. The van der Waals surface area contributed by atoms with E-state index < -0.39 is 0 Å². The molecule has 0 spiro atoms. The number of carbonyl (C=O) groups is 1. The molecule has 1 amide bonds. The predicted molar refractivity (Wildman–Crippen MR) is 248 cm³/mol. The monoisotopic (exact) mass is 782 g/mol. The SMILES string of the molecule is C#Cc1cccc(C2CCN(C(=O)/C(C)=C/C(C(=C)c3cc(C)c4c(c3C)CCCO4)=C(C)C)CC2)c1.C=C(CC)C[C@H](OC(C)CC)C(=C)O.CC.CC.CC. The molecule has 0 aromatic heterocycles. The van der Waals surface area contributed by atoms with Crippen LogP contribution in [0.4, 0.5) is 0 Å². The molecule has 316 valence electrons. The number of carbonyl (C=O) groups excluding carboxylic acids is 1. The zero-order valence-corrected chi connectivity index (χ0v) is 38.6. The molecule has 2 aromatic carbocycles. The van der Waals surface area contributed by atoms with Crippen LogP contribution < -0.4 is 4.74 Å². The number of benzene rings is 2. The molecule has 2 aromatic rings. The Bertz CT molecular complexity index is 1690. The van der Waals surface area contributed by atoms with Gasteiger partial charge in [0.05, 0.1) is 12.7 Å². The van der Waals surface area contributed by atoms with E-state index in [-0.39, 0.29) is 23.9 Å². The fourth-order valence-corrected chi connectivity index (χ4v) is 6.73. The topological polar surface area (TPSA) is 59.0 Å². The summed E-state index contributed by atoms with van der Waals surface area (Å²) in [6.07, 6.45) is 13.9. The highest BCUT2D eigenvalue weighted by atomic mass is 16.5. The third-order valence-corrected chi connectivity index (χ3v) is 10.2. The maximum Gasteiger partial charge on any atom is 0.249 e. The second-order valence-electron chi connectivity index (χ2n) is 14.3. The average molecular weight is 782 g/mol. The van der Waals surface area contributed by atoms with Crippen molar-refractivity contribution >= 4 is 11.5 Å². The van der Waals surface area contributed by atoms with Crippen LogP contribution in [0.1, 0.15) is 161 Å². The molecule has 2 aliphatic heterocycles. The van der Waals surface area contributed by atoms with Crippen LogP contribution in [0.15, 0.2) is 84.2 Å². The lowest BCUT2D eigenvalue weighted by atomic mass is 9.86. The van der Waals surface area contributed by atoms with Gasteiger partial charge in [-0.05, 0) is 149 Å². The number of fused-ring (bicyclic) bond motifs is 1. The largest absolute Gasteiger partial charge is 0.510 e. The second-order valence-corrected chi connectivity index (χ2v) is 14.3. The highest BCUT2D eigenvalue weighted by Gasteiger charge is 2.26. The molecule has 0 radical (unpaired) electrons. The van der Waals surface area contributed by atoms with Gasteiger partial charge < -0.3 is 19.5 Å². The maximum absolute atomic E-state index is 13.4. The lowest BCUT2D eigenvalue weighted by Crippen LogP contribution is -2.38. The third kappa shape index (κ3) is 16.2. The fraction of sp³-hybridized carbons (Fsp3) is 0.519. The van der Waals surface area contributed by atoms with Gasteiger partial charge in [0.1, 0.15) is 17.6 Å². The average Bonchev–Trinajstić information content (AvgIpc) is 3.25. The molecule has 1 fully saturated rings. The molecule has 0 saturated carbocycles. The molecule has 1 N–H and O–H groups in total. The zero-order valence-electron chi connectivity index (χ0n) is 38.6. The van der Waals surface area contributed by atoms with Crippen molar-refractivity contribution in [2.75, 3.05) is 19.7 Å².